The number of hydrogen-bond donors (Lipinski definition) is 2. The van der Waals surface area contributed by atoms with Crippen molar-refractivity contribution < 1.29 is 4.74 Å². The molecule has 5 heteroatoms. The van der Waals surface area contributed by atoms with E-state index in [2.05, 4.69) is 9.97 Å². The number of imidazole rings is 1. The van der Waals surface area contributed by atoms with E-state index in [1.54, 1.807) is 11.8 Å². The van der Waals surface area contributed by atoms with Crippen molar-refractivity contribution >= 4 is 22.8 Å². The van der Waals surface area contributed by atoms with Crippen LogP contribution in [0, 0.1) is 0 Å². The first-order valence-electron chi connectivity index (χ1n) is 6.79. The standard InChI is InChI=1S/C14H21N3OS/c1-2-18-11-6-7-12-13(10-11)17-14(16-12)19-9-5-3-4-8-15/h6-7,10H,2-5,8-9,15H2,1H3,(H,16,17). The highest BCUT2D eigenvalue weighted by molar-refractivity contribution is 7.99. The van der Waals surface area contributed by atoms with Crippen LogP contribution in [0.25, 0.3) is 11.0 Å². The van der Waals surface area contributed by atoms with Gasteiger partial charge in [-0.2, -0.15) is 0 Å². The molecule has 0 unspecified atom stereocenters. The average molecular weight is 279 g/mol. The number of thioether (sulfide) groups is 1. The summed E-state index contributed by atoms with van der Waals surface area (Å²) < 4.78 is 5.48. The van der Waals surface area contributed by atoms with Crippen molar-refractivity contribution in [1.29, 1.82) is 0 Å². The molecule has 1 heterocycles. The second-order valence-electron chi connectivity index (χ2n) is 4.35. The molecule has 0 bridgehead atoms. The zero-order valence-electron chi connectivity index (χ0n) is 11.3. The van der Waals surface area contributed by atoms with Crippen LogP contribution >= 0.6 is 11.8 Å². The first kappa shape index (κ1) is 14.2. The van der Waals surface area contributed by atoms with E-state index in [1.807, 2.05) is 25.1 Å². The third-order valence-corrected chi connectivity index (χ3v) is 3.79. The van der Waals surface area contributed by atoms with Crippen LogP contribution < -0.4 is 10.5 Å². The number of H-pyrrole nitrogens is 1. The van der Waals surface area contributed by atoms with Gasteiger partial charge in [0.15, 0.2) is 5.16 Å². The Labute approximate surface area is 118 Å². The van der Waals surface area contributed by atoms with Gasteiger partial charge in [0, 0.05) is 11.8 Å². The number of unbranched alkanes of at least 4 members (excludes halogenated alkanes) is 2. The average Bonchev–Trinajstić information content (AvgIpc) is 2.81. The van der Waals surface area contributed by atoms with E-state index in [9.17, 15) is 0 Å². The third-order valence-electron chi connectivity index (χ3n) is 2.83. The SMILES string of the molecule is CCOc1ccc2nc(SCCCCCN)[nH]c2c1. The molecule has 2 aromatic rings. The Hall–Kier alpha value is -1.20. The van der Waals surface area contributed by atoms with E-state index >= 15 is 0 Å². The smallest absolute Gasteiger partial charge is 0.166 e. The van der Waals surface area contributed by atoms with Crippen LogP contribution in [0.5, 0.6) is 5.75 Å². The minimum absolute atomic E-state index is 0.683. The zero-order chi connectivity index (χ0) is 13.5. The molecule has 0 aliphatic carbocycles. The Morgan fingerprint density at radius 2 is 2.21 bits per heavy atom. The lowest BCUT2D eigenvalue weighted by Gasteiger charge is -2.00. The zero-order valence-corrected chi connectivity index (χ0v) is 12.1. The number of nitrogens with one attached hydrogen (secondary N) is 1. The van der Waals surface area contributed by atoms with Crippen molar-refractivity contribution in [2.24, 2.45) is 5.73 Å². The summed E-state index contributed by atoms with van der Waals surface area (Å²) in [6.07, 6.45) is 3.49. The van der Waals surface area contributed by atoms with Crippen molar-refractivity contribution in [2.45, 2.75) is 31.3 Å². The van der Waals surface area contributed by atoms with E-state index in [4.69, 9.17) is 10.5 Å². The highest BCUT2D eigenvalue weighted by Crippen LogP contribution is 2.23. The summed E-state index contributed by atoms with van der Waals surface area (Å²) in [5, 5.41) is 0.983. The van der Waals surface area contributed by atoms with Crippen LogP contribution in [0.15, 0.2) is 23.4 Å². The van der Waals surface area contributed by atoms with E-state index < -0.39 is 0 Å². The van der Waals surface area contributed by atoms with Crippen molar-refractivity contribution in [1.82, 2.24) is 9.97 Å². The Kier molecular flexibility index (Phi) is 5.54. The molecule has 0 aliphatic heterocycles. The first-order chi connectivity index (χ1) is 9.33. The molecule has 0 radical (unpaired) electrons. The molecule has 0 saturated carbocycles. The number of rotatable bonds is 8. The van der Waals surface area contributed by atoms with Gasteiger partial charge in [-0.1, -0.05) is 18.2 Å². The summed E-state index contributed by atoms with van der Waals surface area (Å²) in [4.78, 5) is 7.89. The fourth-order valence-corrected chi connectivity index (χ4v) is 2.77. The number of hydrogen-bond acceptors (Lipinski definition) is 4. The molecule has 0 spiro atoms. The normalized spacial score (nSPS) is 11.1. The van der Waals surface area contributed by atoms with Crippen LogP contribution in [0.3, 0.4) is 0 Å². The molecule has 4 nitrogen and oxygen atoms in total. The maximum atomic E-state index is 5.48. The van der Waals surface area contributed by atoms with Gasteiger partial charge in [0.2, 0.25) is 0 Å². The maximum Gasteiger partial charge on any atom is 0.166 e. The minimum Gasteiger partial charge on any atom is -0.494 e. The van der Waals surface area contributed by atoms with Gasteiger partial charge >= 0.3 is 0 Å². The van der Waals surface area contributed by atoms with Crippen LogP contribution in [0.2, 0.25) is 0 Å². The molecule has 3 N–H and O–H groups in total. The second kappa shape index (κ2) is 7.40. The molecule has 19 heavy (non-hydrogen) atoms. The van der Waals surface area contributed by atoms with Crippen molar-refractivity contribution in [3.8, 4) is 5.75 Å². The monoisotopic (exact) mass is 279 g/mol. The van der Waals surface area contributed by atoms with Gasteiger partial charge in [-0.25, -0.2) is 4.98 Å². The number of benzene rings is 1. The molecule has 2 rings (SSSR count). The molecule has 0 atom stereocenters. The fourth-order valence-electron chi connectivity index (χ4n) is 1.88. The number of fused-ring (bicyclic) bond motifs is 1. The molecule has 0 amide bonds. The summed E-state index contributed by atoms with van der Waals surface area (Å²) in [5.41, 5.74) is 7.51. The molecule has 0 fully saturated rings. The van der Waals surface area contributed by atoms with Crippen LogP contribution in [-0.4, -0.2) is 28.9 Å². The van der Waals surface area contributed by atoms with Gasteiger partial charge in [-0.05, 0) is 38.4 Å². The Morgan fingerprint density at radius 3 is 3.00 bits per heavy atom. The van der Waals surface area contributed by atoms with E-state index in [1.165, 1.54) is 12.8 Å². The highest BCUT2D eigenvalue weighted by atomic mass is 32.2. The molecule has 1 aromatic carbocycles. The van der Waals surface area contributed by atoms with Gasteiger partial charge in [-0.15, -0.1) is 0 Å². The summed E-state index contributed by atoms with van der Waals surface area (Å²) in [7, 11) is 0. The minimum atomic E-state index is 0.683. The molecule has 104 valence electrons. The predicted molar refractivity (Wildman–Crippen MR) is 80.9 cm³/mol. The topological polar surface area (TPSA) is 63.9 Å². The number of ether oxygens (including phenoxy) is 1. The highest BCUT2D eigenvalue weighted by Gasteiger charge is 2.04. The number of aromatic nitrogens is 2. The quantitative estimate of drug-likeness (QED) is 0.575. The lowest BCUT2D eigenvalue weighted by molar-refractivity contribution is 0.340. The lowest BCUT2D eigenvalue weighted by Crippen LogP contribution is -1.97. The number of nitrogens with two attached hydrogens (primary N) is 1. The first-order valence-corrected chi connectivity index (χ1v) is 7.77. The van der Waals surface area contributed by atoms with Crippen LogP contribution in [-0.2, 0) is 0 Å². The molecule has 0 saturated heterocycles. The lowest BCUT2D eigenvalue weighted by atomic mass is 10.2. The molecular formula is C14H21N3OS. The number of aromatic amines is 1. The Bertz CT molecular complexity index is 512. The third kappa shape index (κ3) is 4.14. The molecule has 0 aliphatic rings. The van der Waals surface area contributed by atoms with Crippen LogP contribution in [0.4, 0.5) is 0 Å². The molecule has 1 aromatic heterocycles. The van der Waals surface area contributed by atoms with E-state index in [0.29, 0.717) is 6.61 Å². The Balaban J connectivity index is 1.93. The Morgan fingerprint density at radius 1 is 1.32 bits per heavy atom. The maximum absolute atomic E-state index is 5.48. The van der Waals surface area contributed by atoms with Gasteiger partial charge in [-0.3, -0.25) is 0 Å². The summed E-state index contributed by atoms with van der Waals surface area (Å²) >= 11 is 1.77. The van der Waals surface area contributed by atoms with E-state index in [-0.39, 0.29) is 0 Å². The fraction of sp³-hybridized carbons (Fsp3) is 0.500. The van der Waals surface area contributed by atoms with Gasteiger partial charge in [0.25, 0.3) is 0 Å². The summed E-state index contributed by atoms with van der Waals surface area (Å²) in [5.74, 6) is 1.97. The van der Waals surface area contributed by atoms with Gasteiger partial charge in [0.05, 0.1) is 17.6 Å². The predicted octanol–water partition coefficient (Wildman–Crippen LogP) is 3.18. The van der Waals surface area contributed by atoms with Crippen LogP contribution in [0.1, 0.15) is 26.2 Å². The summed E-state index contributed by atoms with van der Waals surface area (Å²) in [6.45, 7) is 3.46. The largest absolute Gasteiger partial charge is 0.494 e. The number of nitrogens with zero attached hydrogens (tertiary/aromatic N) is 1. The van der Waals surface area contributed by atoms with Crippen molar-refractivity contribution in [2.75, 3.05) is 18.9 Å². The second-order valence-corrected chi connectivity index (χ2v) is 5.44. The van der Waals surface area contributed by atoms with Crippen molar-refractivity contribution in [3.63, 3.8) is 0 Å². The summed E-state index contributed by atoms with van der Waals surface area (Å²) in [6, 6.07) is 5.96. The molecular weight excluding hydrogens is 258 g/mol. The van der Waals surface area contributed by atoms with E-state index in [0.717, 1.165) is 40.7 Å². The van der Waals surface area contributed by atoms with Crippen molar-refractivity contribution in [3.05, 3.63) is 18.2 Å². The van der Waals surface area contributed by atoms with Gasteiger partial charge < -0.3 is 15.5 Å². The van der Waals surface area contributed by atoms with Gasteiger partial charge in [0.1, 0.15) is 5.75 Å².